The number of anilines is 2. The van der Waals surface area contributed by atoms with Gasteiger partial charge in [-0.3, -0.25) is 9.69 Å². The minimum absolute atomic E-state index is 0.107. The average Bonchev–Trinajstić information content (AvgIpc) is 3.53. The minimum atomic E-state index is -1.16. The van der Waals surface area contributed by atoms with Gasteiger partial charge in [-0.05, 0) is 58.3 Å². The molecule has 0 spiro atoms. The van der Waals surface area contributed by atoms with Crippen molar-refractivity contribution < 1.29 is 13.6 Å². The van der Waals surface area contributed by atoms with Gasteiger partial charge in [0.2, 0.25) is 23.6 Å². The third-order valence-electron chi connectivity index (χ3n) is 7.82. The van der Waals surface area contributed by atoms with Gasteiger partial charge in [-0.2, -0.15) is 19.5 Å². The zero-order valence-corrected chi connectivity index (χ0v) is 22.0. The SMILES string of the molecule is CC(C)(F)CN1CCC(N2CCN(C(=O)[C@@H]3CCN3c3nc(N)n4nc(-c5ccco5)nc4n3)CC2)CC1. The van der Waals surface area contributed by atoms with E-state index < -0.39 is 5.67 Å². The Morgan fingerprint density at radius 3 is 2.47 bits per heavy atom. The molecule has 2 N–H and O–H groups in total. The van der Waals surface area contributed by atoms with Gasteiger partial charge in [0.25, 0.3) is 5.78 Å². The summed E-state index contributed by atoms with van der Waals surface area (Å²) in [5.74, 6) is 1.85. The van der Waals surface area contributed by atoms with Crippen molar-refractivity contribution in [2.75, 3.05) is 63.0 Å². The highest BCUT2D eigenvalue weighted by Crippen LogP contribution is 2.28. The van der Waals surface area contributed by atoms with Crippen molar-refractivity contribution in [3.05, 3.63) is 18.4 Å². The fraction of sp³-hybridized carbons (Fsp3) is 0.640. The number of nitrogen functional groups attached to an aromatic ring is 1. The van der Waals surface area contributed by atoms with Crippen molar-refractivity contribution in [1.82, 2.24) is 39.3 Å². The van der Waals surface area contributed by atoms with Crippen LogP contribution >= 0.6 is 0 Å². The summed E-state index contributed by atoms with van der Waals surface area (Å²) in [7, 11) is 0. The summed E-state index contributed by atoms with van der Waals surface area (Å²) < 4.78 is 20.8. The van der Waals surface area contributed by atoms with Gasteiger partial charge in [0.1, 0.15) is 11.7 Å². The number of nitrogens with two attached hydrogens (primary N) is 1. The van der Waals surface area contributed by atoms with Crippen LogP contribution in [0.5, 0.6) is 0 Å². The molecule has 3 saturated heterocycles. The fourth-order valence-electron chi connectivity index (χ4n) is 5.81. The molecule has 6 rings (SSSR count). The van der Waals surface area contributed by atoms with Crippen molar-refractivity contribution in [3.8, 4) is 11.6 Å². The molecular formula is C25H35FN10O2. The molecule has 204 valence electrons. The first-order valence-electron chi connectivity index (χ1n) is 13.4. The summed E-state index contributed by atoms with van der Waals surface area (Å²) in [5.41, 5.74) is 5.00. The van der Waals surface area contributed by atoms with E-state index in [1.807, 2.05) is 9.80 Å². The van der Waals surface area contributed by atoms with Gasteiger partial charge in [-0.1, -0.05) is 0 Å². The highest BCUT2D eigenvalue weighted by molar-refractivity contribution is 5.86. The van der Waals surface area contributed by atoms with E-state index >= 15 is 0 Å². The van der Waals surface area contributed by atoms with E-state index in [-0.39, 0.29) is 17.9 Å². The largest absolute Gasteiger partial charge is 0.461 e. The van der Waals surface area contributed by atoms with Crippen LogP contribution < -0.4 is 10.6 Å². The second-order valence-corrected chi connectivity index (χ2v) is 11.1. The average molecular weight is 527 g/mol. The predicted octanol–water partition coefficient (Wildman–Crippen LogP) is 1.30. The molecule has 0 aromatic carbocycles. The first kappa shape index (κ1) is 25.0. The lowest BCUT2D eigenvalue weighted by atomic mass is 9.99. The zero-order valence-electron chi connectivity index (χ0n) is 22.0. The second kappa shape index (κ2) is 9.77. The maximum absolute atomic E-state index is 14.0. The fourth-order valence-corrected chi connectivity index (χ4v) is 5.81. The highest BCUT2D eigenvalue weighted by atomic mass is 19.1. The standard InChI is InChI=1S/C25H35FN10O2/c1-25(2,26)16-32-8-5-17(6-9-32)33-11-13-34(14-12-33)21(37)18-7-10-35(18)23-29-22(27)36-24(30-23)28-20(31-36)19-4-3-15-38-19/h3-4,15,17-18H,5-14,16H2,1-2H3,(H2,27,28,29,30,31)/t18-/m0/s1. The Hall–Kier alpha value is -3.32. The van der Waals surface area contributed by atoms with E-state index in [4.69, 9.17) is 10.2 Å². The number of alkyl halides is 1. The molecule has 0 unspecified atom stereocenters. The number of fused-ring (bicyclic) bond motifs is 1. The molecule has 1 atom stereocenters. The van der Waals surface area contributed by atoms with Crippen LogP contribution in [0.3, 0.4) is 0 Å². The predicted molar refractivity (Wildman–Crippen MR) is 139 cm³/mol. The van der Waals surface area contributed by atoms with E-state index in [1.54, 1.807) is 32.2 Å². The van der Waals surface area contributed by atoms with Crippen LogP contribution in [0.15, 0.2) is 22.8 Å². The lowest BCUT2D eigenvalue weighted by Gasteiger charge is -2.46. The van der Waals surface area contributed by atoms with Crippen molar-refractivity contribution in [2.24, 2.45) is 0 Å². The van der Waals surface area contributed by atoms with Gasteiger partial charge in [-0.25, -0.2) is 4.39 Å². The molecule has 6 heterocycles. The Morgan fingerprint density at radius 2 is 1.84 bits per heavy atom. The molecule has 0 bridgehead atoms. The third kappa shape index (κ3) is 4.92. The van der Waals surface area contributed by atoms with Gasteiger partial charge in [0, 0.05) is 45.3 Å². The Labute approximate surface area is 220 Å². The molecular weight excluding hydrogens is 491 g/mol. The first-order valence-corrected chi connectivity index (χ1v) is 13.4. The number of piperazine rings is 1. The van der Waals surface area contributed by atoms with E-state index in [9.17, 15) is 9.18 Å². The van der Waals surface area contributed by atoms with Crippen molar-refractivity contribution >= 4 is 23.6 Å². The van der Waals surface area contributed by atoms with Crippen LogP contribution in [0.25, 0.3) is 17.4 Å². The summed E-state index contributed by atoms with van der Waals surface area (Å²) in [6.45, 7) is 9.46. The number of furan rings is 1. The van der Waals surface area contributed by atoms with Crippen LogP contribution in [-0.2, 0) is 4.79 Å². The molecule has 3 aromatic rings. The maximum atomic E-state index is 14.0. The Morgan fingerprint density at radius 1 is 1.08 bits per heavy atom. The maximum Gasteiger partial charge on any atom is 0.259 e. The minimum Gasteiger partial charge on any atom is -0.461 e. The summed E-state index contributed by atoms with van der Waals surface area (Å²) in [6.07, 6.45) is 4.40. The lowest BCUT2D eigenvalue weighted by molar-refractivity contribution is -0.136. The smallest absolute Gasteiger partial charge is 0.259 e. The number of carbonyl (C=O) groups excluding carboxylic acids is 1. The van der Waals surface area contributed by atoms with Gasteiger partial charge in [0.15, 0.2) is 5.76 Å². The van der Waals surface area contributed by atoms with E-state index in [2.05, 4.69) is 29.9 Å². The van der Waals surface area contributed by atoms with E-state index in [0.717, 1.165) is 45.4 Å². The first-order chi connectivity index (χ1) is 18.2. The second-order valence-electron chi connectivity index (χ2n) is 11.1. The number of halogens is 1. The quantitative estimate of drug-likeness (QED) is 0.502. The molecule has 3 aliphatic heterocycles. The Kier molecular flexibility index (Phi) is 6.42. The number of aromatic nitrogens is 5. The van der Waals surface area contributed by atoms with Crippen LogP contribution in [-0.4, -0.2) is 115 Å². The van der Waals surface area contributed by atoms with Crippen molar-refractivity contribution in [2.45, 2.75) is 50.9 Å². The molecule has 0 aliphatic carbocycles. The number of nitrogens with zero attached hydrogens (tertiary/aromatic N) is 9. The molecule has 12 nitrogen and oxygen atoms in total. The number of amides is 1. The van der Waals surface area contributed by atoms with Crippen LogP contribution in [0.2, 0.25) is 0 Å². The van der Waals surface area contributed by atoms with Crippen molar-refractivity contribution in [3.63, 3.8) is 0 Å². The highest BCUT2D eigenvalue weighted by Gasteiger charge is 2.40. The summed E-state index contributed by atoms with van der Waals surface area (Å²) in [6, 6.07) is 3.72. The number of hydrogen-bond acceptors (Lipinski definition) is 10. The van der Waals surface area contributed by atoms with Crippen molar-refractivity contribution in [1.29, 1.82) is 0 Å². The van der Waals surface area contributed by atoms with Crippen LogP contribution in [0.1, 0.15) is 33.1 Å². The van der Waals surface area contributed by atoms with Gasteiger partial charge >= 0.3 is 0 Å². The summed E-state index contributed by atoms with van der Waals surface area (Å²) >= 11 is 0. The number of likely N-dealkylation sites (tertiary alicyclic amines) is 1. The molecule has 38 heavy (non-hydrogen) atoms. The van der Waals surface area contributed by atoms with Gasteiger partial charge in [-0.15, -0.1) is 5.10 Å². The number of piperidine rings is 1. The van der Waals surface area contributed by atoms with E-state index in [0.29, 0.717) is 55.5 Å². The number of hydrogen-bond donors (Lipinski definition) is 1. The number of carbonyl (C=O) groups is 1. The molecule has 3 aromatic heterocycles. The van der Waals surface area contributed by atoms with Crippen LogP contribution in [0.4, 0.5) is 16.3 Å². The molecule has 13 heteroatoms. The van der Waals surface area contributed by atoms with Gasteiger partial charge in [0.05, 0.1) is 6.26 Å². The van der Waals surface area contributed by atoms with Gasteiger partial charge < -0.3 is 24.9 Å². The summed E-state index contributed by atoms with van der Waals surface area (Å²) in [4.78, 5) is 35.4. The number of rotatable bonds is 6. The molecule has 0 saturated carbocycles. The molecule has 1 amide bonds. The molecule has 0 radical (unpaired) electrons. The molecule has 3 fully saturated rings. The summed E-state index contributed by atoms with van der Waals surface area (Å²) in [5, 5.41) is 4.34. The topological polar surface area (TPSA) is 125 Å². The Balaban J connectivity index is 1.05. The van der Waals surface area contributed by atoms with E-state index in [1.165, 1.54) is 4.52 Å². The Bertz CT molecular complexity index is 1270. The monoisotopic (exact) mass is 526 g/mol. The normalized spacial score (nSPS) is 22.2. The zero-order chi connectivity index (χ0) is 26.4. The molecule has 3 aliphatic rings. The lowest BCUT2D eigenvalue weighted by Crippen LogP contribution is -2.61. The third-order valence-corrected chi connectivity index (χ3v) is 7.82. The van der Waals surface area contributed by atoms with Crippen LogP contribution in [0, 0.1) is 0 Å².